The molecule has 1 amide bonds. The van der Waals surface area contributed by atoms with Gasteiger partial charge in [-0.2, -0.15) is 0 Å². The first kappa shape index (κ1) is 18.1. The van der Waals surface area contributed by atoms with E-state index in [0.717, 1.165) is 17.7 Å². The molecule has 0 N–H and O–H groups in total. The summed E-state index contributed by atoms with van der Waals surface area (Å²) in [7, 11) is 1.35. The molecular weight excluding hydrogens is 335 g/mol. The minimum Gasteiger partial charge on any atom is -0.465 e. The molecule has 1 heterocycles. The summed E-state index contributed by atoms with van der Waals surface area (Å²) >= 11 is 0. The molecule has 1 saturated heterocycles. The molecule has 0 radical (unpaired) electrons. The molecule has 1 aliphatic heterocycles. The minimum absolute atomic E-state index is 0.0340. The lowest BCUT2D eigenvalue weighted by Gasteiger charge is -2.34. The van der Waals surface area contributed by atoms with Gasteiger partial charge < -0.3 is 9.64 Å². The quantitative estimate of drug-likeness (QED) is 0.773. The Balaban J connectivity index is 1.55. The molecule has 3 rings (SSSR count). The fourth-order valence-corrected chi connectivity index (χ4v) is 3.04. The summed E-state index contributed by atoms with van der Waals surface area (Å²) < 4.78 is 18.0. The lowest BCUT2D eigenvalue weighted by atomic mass is 10.1. The maximum atomic E-state index is 13.3. The average Bonchev–Trinajstić information content (AvgIpc) is 2.64. The normalized spacial score (nSPS) is 15.2. The van der Waals surface area contributed by atoms with Crippen molar-refractivity contribution in [1.29, 1.82) is 0 Å². The molecule has 6 heteroatoms. The molecule has 0 bridgehead atoms. The Kier molecular flexibility index (Phi) is 5.63. The maximum absolute atomic E-state index is 13.3. The average molecular weight is 356 g/mol. The third kappa shape index (κ3) is 4.46. The summed E-state index contributed by atoms with van der Waals surface area (Å²) in [5.74, 6) is -0.617. The van der Waals surface area contributed by atoms with Gasteiger partial charge in [-0.25, -0.2) is 9.18 Å². The SMILES string of the molecule is COC(=O)c1ccc(CN2CCN(Cc3cccc(F)c3)C(=O)C2)cc1. The summed E-state index contributed by atoms with van der Waals surface area (Å²) in [6, 6.07) is 13.5. The molecule has 1 aliphatic rings. The topological polar surface area (TPSA) is 49.9 Å². The largest absolute Gasteiger partial charge is 0.465 e. The number of carbonyl (C=O) groups is 2. The molecular formula is C20H21FN2O3. The Bertz CT molecular complexity index is 792. The van der Waals surface area contributed by atoms with Crippen molar-refractivity contribution in [1.82, 2.24) is 9.80 Å². The number of halogens is 1. The van der Waals surface area contributed by atoms with Crippen LogP contribution >= 0.6 is 0 Å². The summed E-state index contributed by atoms with van der Waals surface area (Å²) in [4.78, 5) is 27.7. The number of methoxy groups -OCH3 is 1. The number of benzene rings is 2. The van der Waals surface area contributed by atoms with E-state index in [-0.39, 0.29) is 17.7 Å². The van der Waals surface area contributed by atoms with Crippen LogP contribution in [0.2, 0.25) is 0 Å². The number of esters is 1. The second kappa shape index (κ2) is 8.10. The summed E-state index contributed by atoms with van der Waals surface area (Å²) in [5.41, 5.74) is 2.33. The van der Waals surface area contributed by atoms with Crippen molar-refractivity contribution in [3.05, 3.63) is 71.0 Å². The smallest absolute Gasteiger partial charge is 0.337 e. The van der Waals surface area contributed by atoms with E-state index in [4.69, 9.17) is 0 Å². The van der Waals surface area contributed by atoms with Gasteiger partial charge in [0.05, 0.1) is 19.2 Å². The zero-order chi connectivity index (χ0) is 18.5. The van der Waals surface area contributed by atoms with Gasteiger partial charge in [0.15, 0.2) is 0 Å². The number of carbonyl (C=O) groups excluding carboxylic acids is 2. The Morgan fingerprint density at radius 1 is 1.08 bits per heavy atom. The Morgan fingerprint density at radius 2 is 1.85 bits per heavy atom. The summed E-state index contributed by atoms with van der Waals surface area (Å²) in [5, 5.41) is 0. The van der Waals surface area contributed by atoms with Gasteiger partial charge in [0.2, 0.25) is 5.91 Å². The monoisotopic (exact) mass is 356 g/mol. The predicted octanol–water partition coefficient (Wildman–Crippen LogP) is 2.46. The fourth-order valence-electron chi connectivity index (χ4n) is 3.04. The predicted molar refractivity (Wildman–Crippen MR) is 94.9 cm³/mol. The number of ether oxygens (including phenoxy) is 1. The van der Waals surface area contributed by atoms with Crippen molar-refractivity contribution in [2.24, 2.45) is 0 Å². The van der Waals surface area contributed by atoms with Crippen molar-refractivity contribution < 1.29 is 18.7 Å². The second-order valence-electron chi connectivity index (χ2n) is 6.34. The highest BCUT2D eigenvalue weighted by Gasteiger charge is 2.24. The van der Waals surface area contributed by atoms with Crippen LogP contribution in [0.4, 0.5) is 4.39 Å². The van der Waals surface area contributed by atoms with E-state index in [1.165, 1.54) is 19.2 Å². The number of amides is 1. The molecule has 0 aromatic heterocycles. The zero-order valence-corrected chi connectivity index (χ0v) is 14.7. The molecule has 0 unspecified atom stereocenters. The molecule has 5 nitrogen and oxygen atoms in total. The van der Waals surface area contributed by atoms with Crippen molar-refractivity contribution in [2.75, 3.05) is 26.7 Å². The van der Waals surface area contributed by atoms with Crippen LogP contribution in [0.3, 0.4) is 0 Å². The van der Waals surface area contributed by atoms with E-state index in [0.29, 0.717) is 31.7 Å². The molecule has 2 aromatic carbocycles. The molecule has 136 valence electrons. The highest BCUT2D eigenvalue weighted by atomic mass is 19.1. The van der Waals surface area contributed by atoms with Gasteiger partial charge in [-0.15, -0.1) is 0 Å². The van der Waals surface area contributed by atoms with Gasteiger partial charge in [0.25, 0.3) is 0 Å². The van der Waals surface area contributed by atoms with Crippen LogP contribution in [0.25, 0.3) is 0 Å². The first-order valence-corrected chi connectivity index (χ1v) is 8.47. The van der Waals surface area contributed by atoms with Gasteiger partial charge >= 0.3 is 5.97 Å². The second-order valence-corrected chi connectivity index (χ2v) is 6.34. The van der Waals surface area contributed by atoms with Gasteiger partial charge in [0.1, 0.15) is 5.82 Å². The van der Waals surface area contributed by atoms with Gasteiger partial charge in [-0.05, 0) is 35.4 Å². The molecule has 26 heavy (non-hydrogen) atoms. The van der Waals surface area contributed by atoms with Gasteiger partial charge in [-0.3, -0.25) is 9.69 Å². The Morgan fingerprint density at radius 3 is 2.50 bits per heavy atom. The number of nitrogens with zero attached hydrogens (tertiary/aromatic N) is 2. The molecule has 2 aromatic rings. The maximum Gasteiger partial charge on any atom is 0.337 e. The van der Waals surface area contributed by atoms with Crippen molar-refractivity contribution in [2.45, 2.75) is 13.1 Å². The number of piperazine rings is 1. The van der Waals surface area contributed by atoms with Crippen molar-refractivity contribution in [3.8, 4) is 0 Å². The van der Waals surface area contributed by atoms with E-state index >= 15 is 0 Å². The van der Waals surface area contributed by atoms with Gasteiger partial charge in [-0.1, -0.05) is 24.3 Å². The highest BCUT2D eigenvalue weighted by molar-refractivity contribution is 5.89. The molecule has 0 aliphatic carbocycles. The van der Waals surface area contributed by atoms with Gasteiger partial charge in [0, 0.05) is 26.2 Å². The standard InChI is InChI=1S/C20H21FN2O3/c1-26-20(25)17-7-5-15(6-8-17)12-22-9-10-23(19(24)14-22)13-16-3-2-4-18(21)11-16/h2-8,11H,9-10,12-14H2,1H3. The molecule has 0 saturated carbocycles. The van der Waals surface area contributed by atoms with Crippen LogP contribution in [0.1, 0.15) is 21.5 Å². The number of rotatable bonds is 5. The van der Waals surface area contributed by atoms with E-state index in [9.17, 15) is 14.0 Å². The summed E-state index contributed by atoms with van der Waals surface area (Å²) in [6.45, 7) is 2.75. The molecule has 0 atom stereocenters. The van der Waals surface area contributed by atoms with Crippen molar-refractivity contribution in [3.63, 3.8) is 0 Å². The third-order valence-corrected chi connectivity index (χ3v) is 4.44. The lowest BCUT2D eigenvalue weighted by Crippen LogP contribution is -2.49. The van der Waals surface area contributed by atoms with E-state index in [1.54, 1.807) is 23.1 Å². The third-order valence-electron chi connectivity index (χ3n) is 4.44. The molecule has 0 spiro atoms. The Labute approximate surface area is 152 Å². The van der Waals surface area contributed by atoms with Crippen LogP contribution in [0, 0.1) is 5.82 Å². The van der Waals surface area contributed by atoms with E-state index in [2.05, 4.69) is 9.64 Å². The van der Waals surface area contributed by atoms with Crippen LogP contribution in [-0.4, -0.2) is 48.4 Å². The van der Waals surface area contributed by atoms with E-state index in [1.807, 2.05) is 18.2 Å². The number of hydrogen-bond donors (Lipinski definition) is 0. The van der Waals surface area contributed by atoms with Crippen LogP contribution in [0.5, 0.6) is 0 Å². The molecule has 1 fully saturated rings. The highest BCUT2D eigenvalue weighted by Crippen LogP contribution is 2.14. The first-order chi connectivity index (χ1) is 12.5. The zero-order valence-electron chi connectivity index (χ0n) is 14.7. The van der Waals surface area contributed by atoms with E-state index < -0.39 is 0 Å². The van der Waals surface area contributed by atoms with Crippen LogP contribution in [0.15, 0.2) is 48.5 Å². The fraction of sp³-hybridized carbons (Fsp3) is 0.300. The number of hydrogen-bond acceptors (Lipinski definition) is 4. The Hall–Kier alpha value is -2.73. The first-order valence-electron chi connectivity index (χ1n) is 8.47. The van der Waals surface area contributed by atoms with Crippen molar-refractivity contribution >= 4 is 11.9 Å². The minimum atomic E-state index is -0.363. The van der Waals surface area contributed by atoms with Crippen LogP contribution in [-0.2, 0) is 22.6 Å². The summed E-state index contributed by atoms with van der Waals surface area (Å²) in [6.07, 6.45) is 0. The van der Waals surface area contributed by atoms with Crippen LogP contribution < -0.4 is 0 Å². The lowest BCUT2D eigenvalue weighted by molar-refractivity contribution is -0.136.